The number of alkyl halides is 2. The van der Waals surface area contributed by atoms with Crippen LogP contribution in [0.25, 0.3) is 0 Å². The van der Waals surface area contributed by atoms with Crippen molar-refractivity contribution in [2.45, 2.75) is 51.4 Å². The number of hydrogen-bond donors (Lipinski definition) is 2. The highest BCUT2D eigenvalue weighted by molar-refractivity contribution is 14.0. The third-order valence-corrected chi connectivity index (χ3v) is 5.34. The zero-order valence-electron chi connectivity index (χ0n) is 18.6. The standard InChI is InChI=1S/C22H34F2N4O3.HI/c1-2-25-22(26-11-6-13-29-16-18-7-5-14-30-18)27-17-10-12-28(15-17)19-8-3-4-9-20(19)31-21(23)24;/h3-4,8-9,17-18,21H,2,5-7,10-16H2,1H3,(H2,25,26,27);1H. The van der Waals surface area contributed by atoms with Crippen molar-refractivity contribution in [1.82, 2.24) is 10.6 Å². The minimum absolute atomic E-state index is 0. The van der Waals surface area contributed by atoms with Gasteiger partial charge in [0.1, 0.15) is 5.75 Å². The highest BCUT2D eigenvalue weighted by Crippen LogP contribution is 2.31. The van der Waals surface area contributed by atoms with Crippen molar-refractivity contribution in [3.8, 4) is 5.75 Å². The molecule has 2 unspecified atom stereocenters. The summed E-state index contributed by atoms with van der Waals surface area (Å²) < 4.78 is 41.3. The molecule has 10 heteroatoms. The first-order valence-corrected chi connectivity index (χ1v) is 11.2. The zero-order chi connectivity index (χ0) is 21.9. The number of rotatable bonds is 11. The molecule has 2 heterocycles. The molecule has 0 bridgehead atoms. The number of guanidine groups is 1. The summed E-state index contributed by atoms with van der Waals surface area (Å²) >= 11 is 0. The van der Waals surface area contributed by atoms with Gasteiger partial charge >= 0.3 is 6.61 Å². The molecule has 3 rings (SSSR count). The summed E-state index contributed by atoms with van der Waals surface area (Å²) in [4.78, 5) is 6.71. The minimum Gasteiger partial charge on any atom is -0.433 e. The Morgan fingerprint density at radius 1 is 1.31 bits per heavy atom. The normalized spacial score (nSPS) is 21.0. The summed E-state index contributed by atoms with van der Waals surface area (Å²) in [5, 5.41) is 6.73. The quantitative estimate of drug-likeness (QED) is 0.184. The second kappa shape index (κ2) is 14.7. The van der Waals surface area contributed by atoms with Gasteiger partial charge in [-0.1, -0.05) is 12.1 Å². The molecule has 2 aliphatic heterocycles. The van der Waals surface area contributed by atoms with Gasteiger partial charge < -0.3 is 29.7 Å². The van der Waals surface area contributed by atoms with E-state index in [1.54, 1.807) is 12.1 Å². The average molecular weight is 568 g/mol. The van der Waals surface area contributed by atoms with Gasteiger partial charge in [-0.3, -0.25) is 4.99 Å². The van der Waals surface area contributed by atoms with Crippen molar-refractivity contribution in [3.05, 3.63) is 24.3 Å². The zero-order valence-corrected chi connectivity index (χ0v) is 20.9. The molecule has 0 radical (unpaired) electrons. The first-order valence-electron chi connectivity index (χ1n) is 11.2. The molecule has 7 nitrogen and oxygen atoms in total. The number of aliphatic imine (C=N–C) groups is 1. The van der Waals surface area contributed by atoms with Crippen molar-refractivity contribution < 1.29 is 23.0 Å². The third kappa shape index (κ3) is 8.86. The van der Waals surface area contributed by atoms with Crippen molar-refractivity contribution in [2.24, 2.45) is 4.99 Å². The van der Waals surface area contributed by atoms with Crippen LogP contribution in [0.2, 0.25) is 0 Å². The molecule has 0 spiro atoms. The first-order chi connectivity index (χ1) is 15.2. The number of nitrogens with zero attached hydrogens (tertiary/aromatic N) is 2. The Labute approximate surface area is 206 Å². The fourth-order valence-electron chi connectivity index (χ4n) is 3.87. The molecule has 0 amide bonds. The van der Waals surface area contributed by atoms with Gasteiger partial charge in [-0.05, 0) is 44.7 Å². The third-order valence-electron chi connectivity index (χ3n) is 5.34. The van der Waals surface area contributed by atoms with Crippen molar-refractivity contribution in [2.75, 3.05) is 50.9 Å². The molecule has 32 heavy (non-hydrogen) atoms. The van der Waals surface area contributed by atoms with Crippen LogP contribution >= 0.6 is 24.0 Å². The molecular weight excluding hydrogens is 533 g/mol. The molecular formula is C22H35F2IN4O3. The van der Waals surface area contributed by atoms with Crippen LogP contribution in [-0.4, -0.2) is 70.7 Å². The van der Waals surface area contributed by atoms with Crippen LogP contribution in [-0.2, 0) is 9.47 Å². The Morgan fingerprint density at radius 2 is 2.16 bits per heavy atom. The van der Waals surface area contributed by atoms with Crippen LogP contribution in [0.5, 0.6) is 5.75 Å². The van der Waals surface area contributed by atoms with Gasteiger partial charge in [0.05, 0.1) is 18.4 Å². The lowest BCUT2D eigenvalue weighted by molar-refractivity contribution is -0.0495. The number of benzene rings is 1. The van der Waals surface area contributed by atoms with Crippen LogP contribution < -0.4 is 20.3 Å². The molecule has 2 N–H and O–H groups in total. The number of hydrogen-bond acceptors (Lipinski definition) is 5. The topological polar surface area (TPSA) is 67.4 Å². The van der Waals surface area contributed by atoms with Crippen LogP contribution in [0.3, 0.4) is 0 Å². The second-order valence-electron chi connectivity index (χ2n) is 7.75. The SMILES string of the molecule is CCNC(=NCCCOCC1CCCO1)NC1CCN(c2ccccc2OC(F)F)C1.I. The van der Waals surface area contributed by atoms with Crippen molar-refractivity contribution >= 4 is 35.6 Å². The fraction of sp³-hybridized carbons (Fsp3) is 0.682. The molecule has 2 saturated heterocycles. The lowest BCUT2D eigenvalue weighted by Gasteiger charge is -2.22. The summed E-state index contributed by atoms with van der Waals surface area (Å²) in [5.74, 6) is 0.979. The maximum Gasteiger partial charge on any atom is 0.387 e. The summed E-state index contributed by atoms with van der Waals surface area (Å²) in [7, 11) is 0. The van der Waals surface area contributed by atoms with E-state index in [0.717, 1.165) is 51.3 Å². The van der Waals surface area contributed by atoms with E-state index in [2.05, 4.69) is 25.3 Å². The highest BCUT2D eigenvalue weighted by Gasteiger charge is 2.26. The van der Waals surface area contributed by atoms with Crippen LogP contribution in [0.1, 0.15) is 32.6 Å². The van der Waals surface area contributed by atoms with Gasteiger partial charge in [0.25, 0.3) is 0 Å². The van der Waals surface area contributed by atoms with Gasteiger partial charge in [-0.15, -0.1) is 24.0 Å². The van der Waals surface area contributed by atoms with Gasteiger partial charge in [-0.25, -0.2) is 0 Å². The number of ether oxygens (including phenoxy) is 3. The molecule has 2 fully saturated rings. The maximum absolute atomic E-state index is 12.7. The van der Waals surface area contributed by atoms with Gasteiger partial charge in [0.2, 0.25) is 0 Å². The molecule has 1 aromatic rings. The summed E-state index contributed by atoms with van der Waals surface area (Å²) in [6.45, 7) is 4.26. The number of nitrogens with one attached hydrogen (secondary N) is 2. The monoisotopic (exact) mass is 568 g/mol. The summed E-state index contributed by atoms with van der Waals surface area (Å²) in [6.07, 6.45) is 4.20. The smallest absolute Gasteiger partial charge is 0.387 e. The van der Waals surface area contributed by atoms with E-state index >= 15 is 0 Å². The molecule has 1 aromatic carbocycles. The second-order valence-corrected chi connectivity index (χ2v) is 7.75. The number of halogens is 3. The largest absolute Gasteiger partial charge is 0.433 e. The van der Waals surface area contributed by atoms with E-state index < -0.39 is 6.61 Å². The van der Waals surface area contributed by atoms with Crippen molar-refractivity contribution in [3.63, 3.8) is 0 Å². The molecule has 0 saturated carbocycles. The lowest BCUT2D eigenvalue weighted by Crippen LogP contribution is -2.44. The molecule has 2 atom stereocenters. The fourth-order valence-corrected chi connectivity index (χ4v) is 3.87. The van der Waals surface area contributed by atoms with E-state index in [-0.39, 0.29) is 41.9 Å². The average Bonchev–Trinajstić information content (AvgIpc) is 3.43. The Kier molecular flexibility index (Phi) is 12.3. The predicted octanol–water partition coefficient (Wildman–Crippen LogP) is 3.63. The molecule has 0 aromatic heterocycles. The highest BCUT2D eigenvalue weighted by atomic mass is 127. The van der Waals surface area contributed by atoms with E-state index in [9.17, 15) is 8.78 Å². The van der Waals surface area contributed by atoms with Crippen molar-refractivity contribution in [1.29, 1.82) is 0 Å². The van der Waals surface area contributed by atoms with E-state index in [1.807, 2.05) is 19.1 Å². The van der Waals surface area contributed by atoms with Crippen LogP contribution in [0.15, 0.2) is 29.3 Å². The minimum atomic E-state index is -2.83. The van der Waals surface area contributed by atoms with E-state index in [0.29, 0.717) is 32.0 Å². The van der Waals surface area contributed by atoms with Gasteiger partial charge in [-0.2, -0.15) is 8.78 Å². The first kappa shape index (κ1) is 26.8. The predicted molar refractivity (Wildman–Crippen MR) is 133 cm³/mol. The van der Waals surface area contributed by atoms with E-state index in [1.165, 1.54) is 0 Å². The maximum atomic E-state index is 12.7. The molecule has 0 aliphatic carbocycles. The Balaban J connectivity index is 0.00000363. The van der Waals surface area contributed by atoms with Gasteiger partial charge in [0.15, 0.2) is 5.96 Å². The Hall–Kier alpha value is -1.40. The van der Waals surface area contributed by atoms with Crippen LogP contribution in [0, 0.1) is 0 Å². The summed E-state index contributed by atoms with van der Waals surface area (Å²) in [5.41, 5.74) is 0.692. The van der Waals surface area contributed by atoms with E-state index in [4.69, 9.17) is 9.47 Å². The number of anilines is 1. The Morgan fingerprint density at radius 3 is 2.91 bits per heavy atom. The number of para-hydroxylation sites is 2. The summed E-state index contributed by atoms with van der Waals surface area (Å²) in [6, 6.07) is 7.10. The van der Waals surface area contributed by atoms with Gasteiger partial charge in [0, 0.05) is 45.4 Å². The lowest BCUT2D eigenvalue weighted by atomic mass is 10.2. The Bertz CT molecular complexity index is 693. The molecule has 2 aliphatic rings. The van der Waals surface area contributed by atoms with Crippen LogP contribution in [0.4, 0.5) is 14.5 Å². The molecule has 182 valence electrons.